The van der Waals surface area contributed by atoms with Crippen molar-refractivity contribution in [3.05, 3.63) is 52.1 Å². The van der Waals surface area contributed by atoms with E-state index in [1.54, 1.807) is 11.6 Å². The molecule has 3 aromatic rings. The number of fused-ring (bicyclic) bond motifs is 1. The van der Waals surface area contributed by atoms with Crippen LogP contribution in [0.2, 0.25) is 0 Å². The number of benzene rings is 1. The van der Waals surface area contributed by atoms with Crippen LogP contribution >= 0.6 is 0 Å². The maximum atomic E-state index is 12.8. The molecule has 0 saturated carbocycles. The summed E-state index contributed by atoms with van der Waals surface area (Å²) in [5.41, 5.74) is 2.33. The first kappa shape index (κ1) is 15.9. The van der Waals surface area contributed by atoms with E-state index >= 15 is 0 Å². The molecule has 1 N–H and O–H groups in total. The van der Waals surface area contributed by atoms with Crippen molar-refractivity contribution in [1.29, 1.82) is 0 Å². The van der Waals surface area contributed by atoms with Gasteiger partial charge in [0.15, 0.2) is 5.52 Å². The number of carbonyl (C=O) groups excluding carboxylic acids is 1. The first-order valence-electron chi connectivity index (χ1n) is 7.71. The average molecular weight is 325 g/mol. The topological polar surface area (TPSA) is 81.8 Å². The monoisotopic (exact) mass is 325 g/mol. The minimum atomic E-state index is -0.701. The summed E-state index contributed by atoms with van der Waals surface area (Å²) in [4.78, 5) is 24.7. The van der Waals surface area contributed by atoms with Gasteiger partial charge in [0.2, 0.25) is 5.91 Å². The molecule has 0 aliphatic rings. The fourth-order valence-corrected chi connectivity index (χ4v) is 2.85. The number of hydrogen-bond acceptors (Lipinski definition) is 4. The van der Waals surface area contributed by atoms with Gasteiger partial charge in [0.05, 0.1) is 22.5 Å². The van der Waals surface area contributed by atoms with Crippen LogP contribution in [0.4, 0.5) is 0 Å². The summed E-state index contributed by atoms with van der Waals surface area (Å²) in [6.45, 7) is 5.36. The SMILES string of the molecule is CNC(=O)C(C)n1nc(C)c2c(C)n(-c3ccccc3)nc2c1=O. The van der Waals surface area contributed by atoms with E-state index in [4.69, 9.17) is 0 Å². The Morgan fingerprint density at radius 1 is 1.17 bits per heavy atom. The van der Waals surface area contributed by atoms with Gasteiger partial charge in [-0.1, -0.05) is 18.2 Å². The van der Waals surface area contributed by atoms with Crippen LogP contribution < -0.4 is 10.9 Å². The predicted molar refractivity (Wildman–Crippen MR) is 91.4 cm³/mol. The van der Waals surface area contributed by atoms with Gasteiger partial charge in [0.1, 0.15) is 6.04 Å². The zero-order valence-corrected chi connectivity index (χ0v) is 14.1. The molecule has 0 radical (unpaired) electrons. The lowest BCUT2D eigenvalue weighted by atomic mass is 10.2. The van der Waals surface area contributed by atoms with Crippen LogP contribution in [0.25, 0.3) is 16.6 Å². The van der Waals surface area contributed by atoms with Crippen LogP contribution in [0, 0.1) is 13.8 Å². The third kappa shape index (κ3) is 2.38. The smallest absolute Gasteiger partial charge is 0.295 e. The van der Waals surface area contributed by atoms with Crippen molar-refractivity contribution in [1.82, 2.24) is 24.9 Å². The highest BCUT2D eigenvalue weighted by molar-refractivity contribution is 5.84. The predicted octanol–water partition coefficient (Wildman–Crippen LogP) is 1.51. The Labute approximate surface area is 138 Å². The first-order valence-corrected chi connectivity index (χ1v) is 7.71. The zero-order valence-electron chi connectivity index (χ0n) is 14.1. The molecule has 0 saturated heterocycles. The molecule has 3 rings (SSSR count). The van der Waals surface area contributed by atoms with Crippen LogP contribution in [0.3, 0.4) is 0 Å². The lowest BCUT2D eigenvalue weighted by molar-refractivity contribution is -0.123. The van der Waals surface area contributed by atoms with Crippen LogP contribution in [0.5, 0.6) is 0 Å². The van der Waals surface area contributed by atoms with Crippen molar-refractivity contribution in [3.63, 3.8) is 0 Å². The largest absolute Gasteiger partial charge is 0.357 e. The number of hydrogen-bond donors (Lipinski definition) is 1. The molecule has 124 valence electrons. The number of nitrogens with zero attached hydrogens (tertiary/aromatic N) is 4. The Morgan fingerprint density at radius 3 is 2.46 bits per heavy atom. The maximum absolute atomic E-state index is 12.8. The quantitative estimate of drug-likeness (QED) is 0.791. The number of amides is 1. The summed E-state index contributed by atoms with van der Waals surface area (Å²) in [5.74, 6) is -0.275. The van der Waals surface area contributed by atoms with Crippen molar-refractivity contribution in [2.24, 2.45) is 0 Å². The number of nitrogens with one attached hydrogen (secondary N) is 1. The molecule has 1 unspecified atom stereocenters. The van der Waals surface area contributed by atoms with Gasteiger partial charge in [0, 0.05) is 7.05 Å². The molecule has 0 aliphatic heterocycles. The van der Waals surface area contributed by atoms with Crippen LogP contribution in [-0.2, 0) is 4.79 Å². The van der Waals surface area contributed by atoms with E-state index in [1.807, 2.05) is 44.2 Å². The molecule has 0 fully saturated rings. The molecular formula is C17H19N5O2. The van der Waals surface area contributed by atoms with Gasteiger partial charge in [-0.25, -0.2) is 9.36 Å². The van der Waals surface area contributed by atoms with Gasteiger partial charge in [-0.3, -0.25) is 9.59 Å². The Balaban J connectivity index is 2.28. The summed E-state index contributed by atoms with van der Waals surface area (Å²) in [6, 6.07) is 8.90. The highest BCUT2D eigenvalue weighted by atomic mass is 16.2. The molecule has 0 aliphatic carbocycles. The van der Waals surface area contributed by atoms with E-state index in [0.29, 0.717) is 11.2 Å². The molecule has 0 bridgehead atoms. The number of rotatable bonds is 3. The normalized spacial score (nSPS) is 12.3. The molecule has 2 heterocycles. The van der Waals surface area contributed by atoms with Gasteiger partial charge in [0.25, 0.3) is 5.56 Å². The third-order valence-electron chi connectivity index (χ3n) is 4.14. The molecule has 2 aromatic heterocycles. The fraction of sp³-hybridized carbons (Fsp3) is 0.294. The third-order valence-corrected chi connectivity index (χ3v) is 4.14. The second kappa shape index (κ2) is 5.92. The fourth-order valence-electron chi connectivity index (χ4n) is 2.85. The highest BCUT2D eigenvalue weighted by Gasteiger charge is 2.22. The Hall–Kier alpha value is -2.96. The van der Waals surface area contributed by atoms with Crippen molar-refractivity contribution < 1.29 is 4.79 Å². The Morgan fingerprint density at radius 2 is 1.83 bits per heavy atom. The van der Waals surface area contributed by atoms with E-state index in [0.717, 1.165) is 16.8 Å². The van der Waals surface area contributed by atoms with Crippen molar-refractivity contribution in [2.45, 2.75) is 26.8 Å². The number of aryl methyl sites for hydroxylation is 2. The van der Waals surface area contributed by atoms with Crippen molar-refractivity contribution in [2.75, 3.05) is 7.05 Å². The minimum Gasteiger partial charge on any atom is -0.357 e. The molecule has 0 spiro atoms. The molecule has 1 amide bonds. The maximum Gasteiger partial charge on any atom is 0.295 e. The molecule has 7 nitrogen and oxygen atoms in total. The standard InChI is InChI=1S/C17H19N5O2/c1-10-14-11(2)21(13-8-6-5-7-9-13)20-15(14)17(24)22(19-10)12(3)16(23)18-4/h5-9,12H,1-4H3,(H,18,23). The molecule has 1 atom stereocenters. The van der Waals surface area contributed by atoms with E-state index in [-0.39, 0.29) is 11.5 Å². The summed E-state index contributed by atoms with van der Waals surface area (Å²) < 4.78 is 2.92. The Bertz CT molecular complexity index is 972. The van der Waals surface area contributed by atoms with Gasteiger partial charge >= 0.3 is 0 Å². The first-order chi connectivity index (χ1) is 11.5. The lowest BCUT2D eigenvalue weighted by Crippen LogP contribution is -2.36. The molecular weight excluding hydrogens is 306 g/mol. The van der Waals surface area contributed by atoms with Gasteiger partial charge in [-0.05, 0) is 32.9 Å². The van der Waals surface area contributed by atoms with Gasteiger partial charge in [-0.15, -0.1) is 0 Å². The van der Waals surface area contributed by atoms with Crippen LogP contribution in [0.15, 0.2) is 35.1 Å². The molecule has 24 heavy (non-hydrogen) atoms. The number of carbonyl (C=O) groups is 1. The zero-order chi connectivity index (χ0) is 17.4. The van der Waals surface area contributed by atoms with Crippen LogP contribution in [0.1, 0.15) is 24.4 Å². The van der Waals surface area contributed by atoms with Gasteiger partial charge in [-0.2, -0.15) is 10.2 Å². The highest BCUT2D eigenvalue weighted by Crippen LogP contribution is 2.21. The summed E-state index contributed by atoms with van der Waals surface area (Å²) in [7, 11) is 1.53. The van der Waals surface area contributed by atoms with E-state index in [9.17, 15) is 9.59 Å². The molecule has 1 aromatic carbocycles. The van der Waals surface area contributed by atoms with E-state index < -0.39 is 6.04 Å². The molecule has 7 heteroatoms. The van der Waals surface area contributed by atoms with Crippen LogP contribution in [-0.4, -0.2) is 32.5 Å². The average Bonchev–Trinajstić information content (AvgIpc) is 2.95. The lowest BCUT2D eigenvalue weighted by Gasteiger charge is -2.12. The second-order valence-electron chi connectivity index (χ2n) is 5.68. The van der Waals surface area contributed by atoms with E-state index in [2.05, 4.69) is 15.5 Å². The van der Waals surface area contributed by atoms with E-state index in [1.165, 1.54) is 11.7 Å². The Kier molecular flexibility index (Phi) is 3.92. The summed E-state index contributed by atoms with van der Waals surface area (Å²) >= 11 is 0. The van der Waals surface area contributed by atoms with Crippen molar-refractivity contribution >= 4 is 16.8 Å². The minimum absolute atomic E-state index is 0.275. The summed E-state index contributed by atoms with van der Waals surface area (Å²) in [5, 5.41) is 12.1. The van der Waals surface area contributed by atoms with Gasteiger partial charge < -0.3 is 5.32 Å². The number of para-hydroxylation sites is 1. The van der Waals surface area contributed by atoms with Crippen molar-refractivity contribution in [3.8, 4) is 5.69 Å². The number of aromatic nitrogens is 4. The number of likely N-dealkylation sites (N-methyl/N-ethyl adjacent to an activating group) is 1. The second-order valence-corrected chi connectivity index (χ2v) is 5.68. The summed E-state index contributed by atoms with van der Waals surface area (Å²) in [6.07, 6.45) is 0.